The molecule has 1 heteroatoms. The Morgan fingerprint density at radius 3 is 1.94 bits per heavy atom. The lowest BCUT2D eigenvalue weighted by atomic mass is 9.90. The Labute approximate surface area is 114 Å². The summed E-state index contributed by atoms with van der Waals surface area (Å²) in [5.41, 5.74) is 9.20. The number of allylic oxidation sites excluding steroid dienone is 6. The Morgan fingerprint density at radius 2 is 1.50 bits per heavy atom. The second-order valence-corrected chi connectivity index (χ2v) is 4.97. The van der Waals surface area contributed by atoms with Gasteiger partial charge >= 0.3 is 0 Å². The molecule has 0 amide bonds. The minimum atomic E-state index is 0.325. The van der Waals surface area contributed by atoms with Crippen LogP contribution in [0.2, 0.25) is 0 Å². The normalized spacial score (nSPS) is 33.4. The topological polar surface area (TPSA) is 26.0 Å². The fourth-order valence-corrected chi connectivity index (χ4v) is 2.48. The van der Waals surface area contributed by atoms with Crippen molar-refractivity contribution in [3.05, 3.63) is 35.5 Å². The van der Waals surface area contributed by atoms with Gasteiger partial charge in [-0.2, -0.15) is 0 Å². The second-order valence-electron chi connectivity index (χ2n) is 4.97. The van der Waals surface area contributed by atoms with E-state index < -0.39 is 0 Å². The highest BCUT2D eigenvalue weighted by atomic mass is 14.7. The molecule has 0 heterocycles. The van der Waals surface area contributed by atoms with E-state index >= 15 is 0 Å². The van der Waals surface area contributed by atoms with E-state index in [1.165, 1.54) is 11.1 Å². The van der Waals surface area contributed by atoms with Crippen molar-refractivity contribution in [2.75, 3.05) is 0 Å². The van der Waals surface area contributed by atoms with Crippen molar-refractivity contribution in [1.82, 2.24) is 0 Å². The van der Waals surface area contributed by atoms with Gasteiger partial charge in [-0.1, -0.05) is 52.0 Å². The first-order valence-corrected chi connectivity index (χ1v) is 7.33. The lowest BCUT2D eigenvalue weighted by Crippen LogP contribution is -2.33. The molecule has 1 aliphatic carbocycles. The second kappa shape index (κ2) is 9.16. The van der Waals surface area contributed by atoms with Gasteiger partial charge in [0.25, 0.3) is 0 Å². The van der Waals surface area contributed by atoms with Crippen LogP contribution in [0, 0.1) is 11.8 Å². The van der Waals surface area contributed by atoms with Crippen molar-refractivity contribution in [3.63, 3.8) is 0 Å². The molecule has 0 radical (unpaired) electrons. The highest BCUT2D eigenvalue weighted by Gasteiger charge is 2.26. The summed E-state index contributed by atoms with van der Waals surface area (Å²) in [5.74, 6) is 1.15. The summed E-state index contributed by atoms with van der Waals surface area (Å²) >= 11 is 0. The summed E-state index contributed by atoms with van der Waals surface area (Å²) in [6.45, 7) is 12.7. The lowest BCUT2D eigenvalue weighted by Gasteiger charge is -2.21. The summed E-state index contributed by atoms with van der Waals surface area (Å²) in [7, 11) is 0. The molecular weight excluding hydrogens is 218 g/mol. The quantitative estimate of drug-likeness (QED) is 0.660. The average Bonchev–Trinajstić information content (AvgIpc) is 2.50. The monoisotopic (exact) mass is 249 g/mol. The zero-order valence-electron chi connectivity index (χ0n) is 13.0. The SMILES string of the molecule is CC.C\C=C/C=C1/CC(C)C(N)C(C)C/C1=C/C. The largest absolute Gasteiger partial charge is 0.327 e. The van der Waals surface area contributed by atoms with E-state index in [4.69, 9.17) is 5.73 Å². The molecule has 1 aliphatic rings. The predicted molar refractivity (Wildman–Crippen MR) is 83.5 cm³/mol. The van der Waals surface area contributed by atoms with Gasteiger partial charge in [-0.3, -0.25) is 0 Å². The van der Waals surface area contributed by atoms with Crippen LogP contribution >= 0.6 is 0 Å². The predicted octanol–water partition coefficient (Wildman–Crippen LogP) is 4.85. The molecule has 0 aromatic rings. The number of rotatable bonds is 1. The van der Waals surface area contributed by atoms with Crippen molar-refractivity contribution < 1.29 is 0 Å². The van der Waals surface area contributed by atoms with Gasteiger partial charge in [0.1, 0.15) is 0 Å². The fourth-order valence-electron chi connectivity index (χ4n) is 2.48. The highest BCUT2D eigenvalue weighted by molar-refractivity contribution is 5.35. The van der Waals surface area contributed by atoms with Gasteiger partial charge in [-0.05, 0) is 49.7 Å². The van der Waals surface area contributed by atoms with Crippen molar-refractivity contribution in [2.24, 2.45) is 17.6 Å². The molecule has 104 valence electrons. The Hall–Kier alpha value is -0.820. The van der Waals surface area contributed by atoms with Crippen LogP contribution in [0.25, 0.3) is 0 Å². The fraction of sp³-hybridized carbons (Fsp3) is 0.647. The van der Waals surface area contributed by atoms with Crippen molar-refractivity contribution >= 4 is 0 Å². The van der Waals surface area contributed by atoms with Crippen LogP contribution in [0.4, 0.5) is 0 Å². The molecule has 0 aromatic carbocycles. The van der Waals surface area contributed by atoms with Crippen LogP contribution in [0.1, 0.15) is 54.4 Å². The van der Waals surface area contributed by atoms with E-state index in [2.05, 4.69) is 52.0 Å². The minimum Gasteiger partial charge on any atom is -0.327 e. The van der Waals surface area contributed by atoms with Crippen LogP contribution in [-0.2, 0) is 0 Å². The number of hydrogen-bond acceptors (Lipinski definition) is 1. The van der Waals surface area contributed by atoms with Crippen LogP contribution in [-0.4, -0.2) is 6.04 Å². The van der Waals surface area contributed by atoms with Gasteiger partial charge < -0.3 is 5.73 Å². The van der Waals surface area contributed by atoms with Crippen LogP contribution < -0.4 is 5.73 Å². The standard InChI is InChI=1S/C15H25N.C2H6/c1-5-7-8-14-10-12(4)15(16)11(3)9-13(14)6-2;1-2/h5-8,11-12,15H,9-10,16H2,1-4H3;1-2H3/b7-5-,13-6-,14-8-;. The molecule has 1 rings (SSSR count). The smallest absolute Gasteiger partial charge is 0.00967 e. The molecule has 0 spiro atoms. The van der Waals surface area contributed by atoms with Crippen LogP contribution in [0.5, 0.6) is 0 Å². The Kier molecular flexibility index (Phi) is 8.74. The minimum absolute atomic E-state index is 0.325. The summed E-state index contributed by atoms with van der Waals surface area (Å²) in [4.78, 5) is 0. The number of hydrogen-bond donors (Lipinski definition) is 1. The van der Waals surface area contributed by atoms with E-state index in [0.717, 1.165) is 12.8 Å². The molecule has 0 saturated heterocycles. The molecule has 1 nitrogen and oxygen atoms in total. The van der Waals surface area contributed by atoms with Crippen LogP contribution in [0.3, 0.4) is 0 Å². The Morgan fingerprint density at radius 1 is 1.00 bits per heavy atom. The molecule has 0 bridgehead atoms. The lowest BCUT2D eigenvalue weighted by molar-refractivity contribution is 0.358. The molecule has 0 aromatic heterocycles. The Bertz CT molecular complexity index is 310. The maximum atomic E-state index is 6.26. The zero-order chi connectivity index (χ0) is 14.1. The first-order valence-electron chi connectivity index (χ1n) is 7.33. The maximum absolute atomic E-state index is 6.26. The van der Waals surface area contributed by atoms with E-state index in [-0.39, 0.29) is 0 Å². The maximum Gasteiger partial charge on any atom is 0.00967 e. The third-order valence-electron chi connectivity index (χ3n) is 3.65. The third-order valence-corrected chi connectivity index (χ3v) is 3.65. The molecular formula is C17H31N. The van der Waals surface area contributed by atoms with Gasteiger partial charge in [0.15, 0.2) is 0 Å². The first kappa shape index (κ1) is 17.2. The van der Waals surface area contributed by atoms with Crippen molar-refractivity contribution in [3.8, 4) is 0 Å². The summed E-state index contributed by atoms with van der Waals surface area (Å²) in [5, 5.41) is 0. The first-order chi connectivity index (χ1) is 8.60. The molecule has 2 N–H and O–H groups in total. The number of nitrogens with two attached hydrogens (primary N) is 1. The molecule has 1 fully saturated rings. The molecule has 1 saturated carbocycles. The summed E-state index contributed by atoms with van der Waals surface area (Å²) < 4.78 is 0. The van der Waals surface area contributed by atoms with Gasteiger partial charge in [-0.15, -0.1) is 0 Å². The van der Waals surface area contributed by atoms with E-state index in [1.807, 2.05) is 13.8 Å². The molecule has 0 aliphatic heterocycles. The van der Waals surface area contributed by atoms with Crippen molar-refractivity contribution in [1.29, 1.82) is 0 Å². The van der Waals surface area contributed by atoms with Crippen molar-refractivity contribution in [2.45, 2.75) is 60.4 Å². The Balaban J connectivity index is 0.00000137. The van der Waals surface area contributed by atoms with Gasteiger partial charge in [-0.25, -0.2) is 0 Å². The molecule has 18 heavy (non-hydrogen) atoms. The van der Waals surface area contributed by atoms with Crippen LogP contribution in [0.15, 0.2) is 35.5 Å². The van der Waals surface area contributed by atoms with Gasteiger partial charge in [0.05, 0.1) is 0 Å². The summed E-state index contributed by atoms with van der Waals surface area (Å²) in [6, 6.07) is 0.325. The van der Waals surface area contributed by atoms with Gasteiger partial charge in [0.2, 0.25) is 0 Å². The molecule has 3 unspecified atom stereocenters. The van der Waals surface area contributed by atoms with E-state index in [0.29, 0.717) is 17.9 Å². The van der Waals surface area contributed by atoms with Gasteiger partial charge in [0, 0.05) is 6.04 Å². The van der Waals surface area contributed by atoms with E-state index in [9.17, 15) is 0 Å². The summed E-state index contributed by atoms with van der Waals surface area (Å²) in [6.07, 6.45) is 10.9. The average molecular weight is 249 g/mol. The zero-order valence-corrected chi connectivity index (χ0v) is 13.0. The highest BCUT2D eigenvalue weighted by Crippen LogP contribution is 2.33. The van der Waals surface area contributed by atoms with E-state index in [1.54, 1.807) is 0 Å². The third kappa shape index (κ3) is 4.81. The molecule has 3 atom stereocenters.